The molecule has 0 radical (unpaired) electrons. The zero-order valence-electron chi connectivity index (χ0n) is 18.5. The van der Waals surface area contributed by atoms with Gasteiger partial charge in [-0.05, 0) is 44.0 Å². The average Bonchev–Trinajstić information content (AvgIpc) is 3.08. The highest BCUT2D eigenvalue weighted by Crippen LogP contribution is 2.34. The Labute approximate surface area is 201 Å². The van der Waals surface area contributed by atoms with E-state index in [4.69, 9.17) is 12.2 Å². The largest absolute Gasteiger partial charge is 0.387 e. The molecule has 1 amide bonds. The third-order valence-electron chi connectivity index (χ3n) is 5.35. The van der Waals surface area contributed by atoms with Gasteiger partial charge in [0.25, 0.3) is 11.5 Å². The fraction of sp³-hybridized carbons (Fsp3) is 0.250. The number of aromatic nitrogens is 2. The summed E-state index contributed by atoms with van der Waals surface area (Å²) in [6, 6.07) is 12.8. The van der Waals surface area contributed by atoms with Crippen LogP contribution in [-0.2, 0) is 4.79 Å². The van der Waals surface area contributed by atoms with E-state index in [1.54, 1.807) is 18.3 Å². The summed E-state index contributed by atoms with van der Waals surface area (Å²) >= 11 is 6.53. The number of aryl methyl sites for hydroxylation is 1. The third kappa shape index (κ3) is 4.57. The summed E-state index contributed by atoms with van der Waals surface area (Å²) in [6.45, 7) is 5.80. The van der Waals surface area contributed by atoms with Crippen molar-refractivity contribution in [3.05, 3.63) is 80.6 Å². The first kappa shape index (κ1) is 23.2. The molecule has 1 saturated heterocycles. The van der Waals surface area contributed by atoms with Gasteiger partial charge < -0.3 is 10.4 Å². The van der Waals surface area contributed by atoms with Crippen LogP contribution in [0.3, 0.4) is 0 Å². The number of nitrogens with one attached hydrogen (secondary N) is 1. The zero-order valence-corrected chi connectivity index (χ0v) is 20.1. The van der Waals surface area contributed by atoms with Gasteiger partial charge in [0, 0.05) is 18.8 Å². The van der Waals surface area contributed by atoms with Gasteiger partial charge >= 0.3 is 0 Å². The van der Waals surface area contributed by atoms with Crippen LogP contribution in [0.5, 0.6) is 0 Å². The van der Waals surface area contributed by atoms with E-state index in [0.29, 0.717) is 20.7 Å². The molecule has 3 heterocycles. The van der Waals surface area contributed by atoms with E-state index in [2.05, 4.69) is 10.3 Å². The molecule has 0 saturated carbocycles. The molecule has 3 aromatic rings. The first-order valence-corrected chi connectivity index (χ1v) is 11.8. The summed E-state index contributed by atoms with van der Waals surface area (Å²) in [5, 5.41) is 13.7. The molecule has 1 aliphatic rings. The monoisotopic (exact) mass is 480 g/mol. The number of carbonyl (C=O) groups excluding carboxylic acids is 1. The van der Waals surface area contributed by atoms with E-state index in [1.165, 1.54) is 21.1 Å². The summed E-state index contributed by atoms with van der Waals surface area (Å²) in [5.74, 6) is 0.0723. The number of aliphatic hydroxyl groups excluding tert-OH is 1. The van der Waals surface area contributed by atoms with Crippen LogP contribution in [0.4, 0.5) is 5.82 Å². The molecular formula is C24H24N4O3S2. The molecule has 4 rings (SSSR count). The molecule has 170 valence electrons. The van der Waals surface area contributed by atoms with Crippen LogP contribution in [0.25, 0.3) is 11.7 Å². The third-order valence-corrected chi connectivity index (χ3v) is 6.68. The Balaban J connectivity index is 1.78. The lowest BCUT2D eigenvalue weighted by Crippen LogP contribution is -2.34. The van der Waals surface area contributed by atoms with Crippen molar-refractivity contribution in [3.63, 3.8) is 0 Å². The van der Waals surface area contributed by atoms with Crippen LogP contribution in [-0.4, -0.2) is 42.2 Å². The number of thiocarbonyl (C=S) groups is 1. The van der Waals surface area contributed by atoms with Crippen LogP contribution in [0.15, 0.2) is 58.4 Å². The maximum Gasteiger partial charge on any atom is 0.267 e. The summed E-state index contributed by atoms with van der Waals surface area (Å²) < 4.78 is 1.92. The van der Waals surface area contributed by atoms with E-state index in [1.807, 2.05) is 57.2 Å². The quantitative estimate of drug-likeness (QED) is 0.410. The van der Waals surface area contributed by atoms with E-state index in [0.717, 1.165) is 11.1 Å². The summed E-state index contributed by atoms with van der Waals surface area (Å²) in [5.41, 5.74) is 2.01. The van der Waals surface area contributed by atoms with Gasteiger partial charge in [-0.3, -0.25) is 18.9 Å². The second-order valence-electron chi connectivity index (χ2n) is 8.02. The molecular weight excluding hydrogens is 456 g/mol. The van der Waals surface area contributed by atoms with Crippen molar-refractivity contribution in [2.45, 2.75) is 32.9 Å². The van der Waals surface area contributed by atoms with Gasteiger partial charge in [-0.1, -0.05) is 60.4 Å². The Morgan fingerprint density at radius 3 is 2.58 bits per heavy atom. The molecule has 9 heteroatoms. The first-order chi connectivity index (χ1) is 15.8. The second-order valence-corrected chi connectivity index (χ2v) is 9.69. The number of aliphatic hydroxyl groups is 1. The van der Waals surface area contributed by atoms with Crippen molar-refractivity contribution in [3.8, 4) is 0 Å². The van der Waals surface area contributed by atoms with Gasteiger partial charge in [-0.15, -0.1) is 0 Å². The minimum Gasteiger partial charge on any atom is -0.387 e. The summed E-state index contributed by atoms with van der Waals surface area (Å²) in [7, 11) is 0. The molecule has 1 aliphatic heterocycles. The number of nitrogens with zero attached hydrogens (tertiary/aromatic N) is 3. The van der Waals surface area contributed by atoms with Crippen molar-refractivity contribution in [1.29, 1.82) is 0 Å². The number of benzene rings is 1. The highest BCUT2D eigenvalue weighted by atomic mass is 32.2. The predicted octanol–water partition coefficient (Wildman–Crippen LogP) is 3.76. The van der Waals surface area contributed by atoms with Crippen LogP contribution >= 0.6 is 24.0 Å². The van der Waals surface area contributed by atoms with E-state index < -0.39 is 6.10 Å². The number of hydrogen-bond acceptors (Lipinski definition) is 7. The van der Waals surface area contributed by atoms with Crippen molar-refractivity contribution >= 4 is 51.7 Å². The van der Waals surface area contributed by atoms with E-state index >= 15 is 0 Å². The molecule has 2 N–H and O–H groups in total. The number of pyridine rings is 1. The number of anilines is 1. The Morgan fingerprint density at radius 2 is 1.91 bits per heavy atom. The molecule has 1 aromatic carbocycles. The lowest BCUT2D eigenvalue weighted by atomic mass is 10.1. The zero-order chi connectivity index (χ0) is 23.7. The van der Waals surface area contributed by atoms with Crippen LogP contribution in [0, 0.1) is 6.92 Å². The number of carbonyl (C=O) groups is 1. The van der Waals surface area contributed by atoms with E-state index in [9.17, 15) is 14.7 Å². The molecule has 2 aromatic heterocycles. The molecule has 0 unspecified atom stereocenters. The van der Waals surface area contributed by atoms with Gasteiger partial charge in [-0.2, -0.15) is 0 Å². The lowest BCUT2D eigenvalue weighted by molar-refractivity contribution is -0.123. The standard InChI is InChI=1S/C24H24N4O3S2/c1-14(2)28-23(31)19(33-24(28)32)12-17-20(25-13-18(29)16-9-5-4-6-10-16)26-21-15(3)8-7-11-27(21)22(17)30/h4-12,14,18,25,29H,13H2,1-3H3/b19-12+/t18-/m1/s1. The maximum atomic E-state index is 13.4. The Morgan fingerprint density at radius 1 is 1.18 bits per heavy atom. The summed E-state index contributed by atoms with van der Waals surface area (Å²) in [4.78, 5) is 32.9. The minimum atomic E-state index is -0.796. The molecule has 0 bridgehead atoms. The molecule has 0 aliphatic carbocycles. The topological polar surface area (TPSA) is 86.9 Å². The Kier molecular flexibility index (Phi) is 6.64. The number of amides is 1. The van der Waals surface area contributed by atoms with E-state index in [-0.39, 0.29) is 29.6 Å². The van der Waals surface area contributed by atoms with Crippen LogP contribution in [0.1, 0.15) is 36.6 Å². The summed E-state index contributed by atoms with van der Waals surface area (Å²) in [6.07, 6.45) is 2.40. The Bertz CT molecular complexity index is 1320. The van der Waals surface area contributed by atoms with Crippen molar-refractivity contribution in [2.75, 3.05) is 11.9 Å². The van der Waals surface area contributed by atoms with Gasteiger partial charge in [0.2, 0.25) is 0 Å². The smallest absolute Gasteiger partial charge is 0.267 e. The second kappa shape index (κ2) is 9.46. The fourth-order valence-electron chi connectivity index (χ4n) is 3.62. The van der Waals surface area contributed by atoms with Crippen LogP contribution in [0.2, 0.25) is 0 Å². The van der Waals surface area contributed by atoms with Gasteiger partial charge in [0.15, 0.2) is 0 Å². The molecule has 1 fully saturated rings. The molecule has 1 atom stereocenters. The lowest BCUT2D eigenvalue weighted by Gasteiger charge is -2.18. The number of thioether (sulfide) groups is 1. The molecule has 0 spiro atoms. The Hall–Kier alpha value is -3.01. The van der Waals surface area contributed by atoms with Crippen molar-refractivity contribution in [2.24, 2.45) is 0 Å². The van der Waals surface area contributed by atoms with Crippen LogP contribution < -0.4 is 10.9 Å². The number of hydrogen-bond donors (Lipinski definition) is 2. The van der Waals surface area contributed by atoms with Gasteiger partial charge in [-0.25, -0.2) is 4.98 Å². The maximum absolute atomic E-state index is 13.4. The van der Waals surface area contributed by atoms with Gasteiger partial charge in [0.05, 0.1) is 16.6 Å². The van der Waals surface area contributed by atoms with Crippen molar-refractivity contribution < 1.29 is 9.90 Å². The minimum absolute atomic E-state index is 0.0829. The average molecular weight is 481 g/mol. The fourth-order valence-corrected chi connectivity index (χ4v) is 5.12. The predicted molar refractivity (Wildman–Crippen MR) is 136 cm³/mol. The SMILES string of the molecule is Cc1cccn2c(=O)c(/C=C3/SC(=S)N(C(C)C)C3=O)c(NC[C@@H](O)c3ccccc3)nc12. The number of rotatable bonds is 6. The molecule has 7 nitrogen and oxygen atoms in total. The normalized spacial score (nSPS) is 16.3. The highest BCUT2D eigenvalue weighted by molar-refractivity contribution is 8.26. The van der Waals surface area contributed by atoms with Crippen molar-refractivity contribution in [1.82, 2.24) is 14.3 Å². The highest BCUT2D eigenvalue weighted by Gasteiger charge is 2.34. The first-order valence-electron chi connectivity index (χ1n) is 10.5. The number of fused-ring (bicyclic) bond motifs is 1. The van der Waals surface area contributed by atoms with Gasteiger partial charge in [0.1, 0.15) is 15.8 Å². The molecule has 33 heavy (non-hydrogen) atoms.